The minimum Gasteiger partial charge on any atom is -0.383 e. The number of carbonyl (C=O) groups excluding carboxylic acids is 2. The Labute approximate surface area is 152 Å². The van der Waals surface area contributed by atoms with Gasteiger partial charge >= 0.3 is 0 Å². The predicted molar refractivity (Wildman–Crippen MR) is 96.3 cm³/mol. The third kappa shape index (κ3) is 8.47. The molecule has 0 atom stereocenters. The van der Waals surface area contributed by atoms with Crippen molar-refractivity contribution in [1.82, 2.24) is 10.6 Å². The standard InChI is InChI=1S/C15H22ClN3O4.ClH/c1-22-7-5-17-10-14(20)19-11-3-4-12(13(16)9-11)15(21)18-6-8-23-2;/h3-4,9,17H,5-8,10H2,1-2H3,(H,18,21)(H,19,20);1H. The van der Waals surface area contributed by atoms with Crippen LogP contribution in [0.2, 0.25) is 5.02 Å². The first-order valence-corrected chi connectivity index (χ1v) is 7.52. The molecule has 0 aliphatic heterocycles. The number of nitrogens with one attached hydrogen (secondary N) is 3. The van der Waals surface area contributed by atoms with Crippen molar-refractivity contribution >= 4 is 41.5 Å². The van der Waals surface area contributed by atoms with E-state index in [1.54, 1.807) is 32.4 Å². The van der Waals surface area contributed by atoms with E-state index in [2.05, 4.69) is 16.0 Å². The molecular formula is C15H23Cl2N3O4. The Morgan fingerprint density at radius 1 is 1.12 bits per heavy atom. The Kier molecular flexibility index (Phi) is 12.2. The average Bonchev–Trinajstić information content (AvgIpc) is 2.52. The highest BCUT2D eigenvalue weighted by Gasteiger charge is 2.11. The summed E-state index contributed by atoms with van der Waals surface area (Å²) in [6, 6.07) is 4.74. The molecule has 136 valence electrons. The van der Waals surface area contributed by atoms with Crippen molar-refractivity contribution in [2.24, 2.45) is 0 Å². The van der Waals surface area contributed by atoms with Gasteiger partial charge in [-0.3, -0.25) is 9.59 Å². The SMILES string of the molecule is COCCNCC(=O)Nc1ccc(C(=O)NCCOC)c(Cl)c1.Cl. The normalized spacial score (nSPS) is 9.96. The van der Waals surface area contributed by atoms with Crippen molar-refractivity contribution in [1.29, 1.82) is 0 Å². The van der Waals surface area contributed by atoms with Gasteiger partial charge < -0.3 is 25.4 Å². The Morgan fingerprint density at radius 2 is 1.79 bits per heavy atom. The number of halogens is 2. The lowest BCUT2D eigenvalue weighted by Gasteiger charge is -2.10. The summed E-state index contributed by atoms with van der Waals surface area (Å²) in [6.07, 6.45) is 0. The van der Waals surface area contributed by atoms with Crippen LogP contribution >= 0.6 is 24.0 Å². The van der Waals surface area contributed by atoms with Crippen LogP contribution in [0.5, 0.6) is 0 Å². The smallest absolute Gasteiger partial charge is 0.252 e. The lowest BCUT2D eigenvalue weighted by atomic mass is 10.2. The molecule has 0 aromatic heterocycles. The molecule has 0 fully saturated rings. The minimum absolute atomic E-state index is 0. The molecule has 7 nitrogen and oxygen atoms in total. The third-order valence-corrected chi connectivity index (χ3v) is 3.17. The number of rotatable bonds is 10. The maximum Gasteiger partial charge on any atom is 0.252 e. The van der Waals surface area contributed by atoms with E-state index in [1.165, 1.54) is 0 Å². The Bertz CT molecular complexity index is 529. The van der Waals surface area contributed by atoms with Crippen LogP contribution in [0.3, 0.4) is 0 Å². The fraction of sp³-hybridized carbons (Fsp3) is 0.467. The van der Waals surface area contributed by atoms with E-state index in [0.29, 0.717) is 37.6 Å². The van der Waals surface area contributed by atoms with Crippen LogP contribution in [-0.4, -0.2) is 58.9 Å². The summed E-state index contributed by atoms with van der Waals surface area (Å²) >= 11 is 6.09. The van der Waals surface area contributed by atoms with Gasteiger partial charge in [-0.1, -0.05) is 11.6 Å². The molecule has 0 aliphatic carbocycles. The minimum atomic E-state index is -0.286. The number of hydrogen-bond acceptors (Lipinski definition) is 5. The van der Waals surface area contributed by atoms with Crippen molar-refractivity contribution in [2.45, 2.75) is 0 Å². The first-order chi connectivity index (χ1) is 11.1. The molecule has 0 radical (unpaired) electrons. The summed E-state index contributed by atoms with van der Waals surface area (Å²) in [5.74, 6) is -0.486. The molecule has 1 aromatic carbocycles. The van der Waals surface area contributed by atoms with Crippen LogP contribution in [-0.2, 0) is 14.3 Å². The van der Waals surface area contributed by atoms with Gasteiger partial charge in [-0.25, -0.2) is 0 Å². The molecule has 1 aromatic rings. The molecule has 0 saturated heterocycles. The Balaban J connectivity index is 0.00000529. The summed E-state index contributed by atoms with van der Waals surface area (Å²) in [5, 5.41) is 8.58. The van der Waals surface area contributed by atoms with Crippen LogP contribution in [0.25, 0.3) is 0 Å². The van der Waals surface area contributed by atoms with Crippen molar-refractivity contribution in [3.05, 3.63) is 28.8 Å². The van der Waals surface area contributed by atoms with Gasteiger partial charge in [-0.05, 0) is 18.2 Å². The van der Waals surface area contributed by atoms with Gasteiger partial charge in [0, 0.05) is 33.0 Å². The van der Waals surface area contributed by atoms with Gasteiger partial charge in [0.2, 0.25) is 5.91 Å². The number of amides is 2. The van der Waals surface area contributed by atoms with Gasteiger partial charge in [0.25, 0.3) is 5.91 Å². The summed E-state index contributed by atoms with van der Waals surface area (Å²) in [4.78, 5) is 23.6. The summed E-state index contributed by atoms with van der Waals surface area (Å²) in [6.45, 7) is 2.11. The molecule has 0 saturated carbocycles. The van der Waals surface area contributed by atoms with Gasteiger partial charge in [-0.2, -0.15) is 0 Å². The molecule has 0 unspecified atom stereocenters. The van der Waals surface area contributed by atoms with Gasteiger partial charge in [0.1, 0.15) is 0 Å². The molecule has 2 amide bonds. The summed E-state index contributed by atoms with van der Waals surface area (Å²) in [5.41, 5.74) is 0.876. The van der Waals surface area contributed by atoms with E-state index in [0.717, 1.165) is 0 Å². The number of methoxy groups -OCH3 is 2. The van der Waals surface area contributed by atoms with Crippen LogP contribution < -0.4 is 16.0 Å². The van der Waals surface area contributed by atoms with E-state index >= 15 is 0 Å². The van der Waals surface area contributed by atoms with E-state index in [4.69, 9.17) is 21.1 Å². The highest BCUT2D eigenvalue weighted by molar-refractivity contribution is 6.34. The van der Waals surface area contributed by atoms with Gasteiger partial charge in [0.05, 0.1) is 30.3 Å². The van der Waals surface area contributed by atoms with Crippen molar-refractivity contribution in [3.8, 4) is 0 Å². The zero-order valence-corrected chi connectivity index (χ0v) is 15.3. The topological polar surface area (TPSA) is 88.7 Å². The maximum atomic E-state index is 11.9. The number of ether oxygens (including phenoxy) is 2. The third-order valence-electron chi connectivity index (χ3n) is 2.86. The van der Waals surface area contributed by atoms with E-state index in [1.807, 2.05) is 0 Å². The number of benzene rings is 1. The van der Waals surface area contributed by atoms with Gasteiger partial charge in [0.15, 0.2) is 0 Å². The van der Waals surface area contributed by atoms with Gasteiger partial charge in [-0.15, -0.1) is 12.4 Å². The zero-order valence-electron chi connectivity index (χ0n) is 13.7. The summed E-state index contributed by atoms with van der Waals surface area (Å²) < 4.78 is 9.73. The molecule has 0 spiro atoms. The van der Waals surface area contributed by atoms with Crippen molar-refractivity contribution in [2.75, 3.05) is 52.4 Å². The highest BCUT2D eigenvalue weighted by atomic mass is 35.5. The first-order valence-electron chi connectivity index (χ1n) is 7.14. The van der Waals surface area contributed by atoms with Crippen LogP contribution in [0, 0.1) is 0 Å². The maximum absolute atomic E-state index is 11.9. The zero-order chi connectivity index (χ0) is 17.1. The van der Waals surface area contributed by atoms with Crippen molar-refractivity contribution < 1.29 is 19.1 Å². The largest absolute Gasteiger partial charge is 0.383 e. The molecule has 3 N–H and O–H groups in total. The second kappa shape index (κ2) is 13.0. The molecule has 1 rings (SSSR count). The number of hydrogen-bond donors (Lipinski definition) is 3. The van der Waals surface area contributed by atoms with E-state index in [9.17, 15) is 9.59 Å². The van der Waals surface area contributed by atoms with E-state index < -0.39 is 0 Å². The van der Waals surface area contributed by atoms with Crippen LogP contribution in [0.4, 0.5) is 5.69 Å². The fourth-order valence-corrected chi connectivity index (χ4v) is 1.99. The average molecular weight is 380 g/mol. The second-order valence-corrected chi connectivity index (χ2v) is 5.07. The monoisotopic (exact) mass is 379 g/mol. The lowest BCUT2D eigenvalue weighted by Crippen LogP contribution is -2.30. The summed E-state index contributed by atoms with van der Waals surface area (Å²) in [7, 11) is 3.15. The lowest BCUT2D eigenvalue weighted by molar-refractivity contribution is -0.115. The number of anilines is 1. The highest BCUT2D eigenvalue weighted by Crippen LogP contribution is 2.20. The van der Waals surface area contributed by atoms with E-state index in [-0.39, 0.29) is 35.8 Å². The molecule has 24 heavy (non-hydrogen) atoms. The van der Waals surface area contributed by atoms with Crippen LogP contribution in [0.15, 0.2) is 18.2 Å². The van der Waals surface area contributed by atoms with Crippen LogP contribution in [0.1, 0.15) is 10.4 Å². The molecule has 0 heterocycles. The predicted octanol–water partition coefficient (Wildman–Crippen LogP) is 1.31. The molecule has 0 aliphatic rings. The molecular weight excluding hydrogens is 357 g/mol. The Hall–Kier alpha value is -1.38. The fourth-order valence-electron chi connectivity index (χ4n) is 1.72. The second-order valence-electron chi connectivity index (χ2n) is 4.66. The Morgan fingerprint density at radius 3 is 2.42 bits per heavy atom. The first kappa shape index (κ1) is 22.6. The number of carbonyl (C=O) groups is 2. The van der Waals surface area contributed by atoms with Crippen molar-refractivity contribution in [3.63, 3.8) is 0 Å². The molecule has 9 heteroatoms. The molecule has 0 bridgehead atoms. The quantitative estimate of drug-likeness (QED) is 0.533.